The molecule has 0 amide bonds. The molecule has 0 radical (unpaired) electrons. The van der Waals surface area contributed by atoms with E-state index in [-0.39, 0.29) is 5.92 Å². The molecule has 0 bridgehead atoms. The number of methoxy groups -OCH3 is 1. The van der Waals surface area contributed by atoms with E-state index in [4.69, 9.17) is 9.47 Å². The summed E-state index contributed by atoms with van der Waals surface area (Å²) in [6.45, 7) is 16.5. The number of ketones is 1. The van der Waals surface area contributed by atoms with Crippen molar-refractivity contribution in [1.82, 2.24) is 0 Å². The Morgan fingerprint density at radius 2 is 1.58 bits per heavy atom. The van der Waals surface area contributed by atoms with Gasteiger partial charge in [0.15, 0.2) is 0 Å². The Kier molecular flexibility index (Phi) is 29.4. The Bertz CT molecular complexity index is 221. The highest BCUT2D eigenvalue weighted by atomic mass is 16.5. The summed E-state index contributed by atoms with van der Waals surface area (Å²) >= 11 is 0. The van der Waals surface area contributed by atoms with Gasteiger partial charge in [0, 0.05) is 39.3 Å². The standard InChI is InChI=1S/C9H18O.C8H16O2.2C2H6/c1-2-10-8-9-6-4-3-5-7-9;1-7(2)8(9)5-4-6-10-3;2*1-2/h9H,2-8H2,1H3;7H,4-6H2,1-3H3;2*1-2H3. The summed E-state index contributed by atoms with van der Waals surface area (Å²) in [4.78, 5) is 11.0. The molecule has 3 heteroatoms. The molecule has 1 fully saturated rings. The van der Waals surface area contributed by atoms with Gasteiger partial charge < -0.3 is 9.47 Å². The molecule has 0 N–H and O–H groups in total. The Hall–Kier alpha value is -0.410. The largest absolute Gasteiger partial charge is 0.385 e. The maximum atomic E-state index is 11.0. The molecule has 24 heavy (non-hydrogen) atoms. The third-order valence-electron chi connectivity index (χ3n) is 3.70. The van der Waals surface area contributed by atoms with Crippen LogP contribution in [0.1, 0.15) is 93.4 Å². The zero-order chi connectivity index (χ0) is 19.2. The molecule has 1 saturated carbocycles. The van der Waals surface area contributed by atoms with E-state index in [1.54, 1.807) is 7.11 Å². The number of carbonyl (C=O) groups is 1. The van der Waals surface area contributed by atoms with Gasteiger partial charge in [-0.15, -0.1) is 0 Å². The second kappa shape index (κ2) is 24.8. The van der Waals surface area contributed by atoms with Crippen molar-refractivity contribution >= 4 is 5.78 Å². The average molecular weight is 347 g/mol. The van der Waals surface area contributed by atoms with Gasteiger partial charge in [0.05, 0.1) is 0 Å². The first kappa shape index (κ1) is 28.4. The third kappa shape index (κ3) is 21.6. The Labute approximate surface area is 152 Å². The van der Waals surface area contributed by atoms with Gasteiger partial charge in [0.2, 0.25) is 0 Å². The lowest BCUT2D eigenvalue weighted by Gasteiger charge is -2.20. The monoisotopic (exact) mass is 346 g/mol. The number of hydrogen-bond donors (Lipinski definition) is 0. The van der Waals surface area contributed by atoms with Gasteiger partial charge in [-0.3, -0.25) is 4.79 Å². The van der Waals surface area contributed by atoms with Crippen molar-refractivity contribution in [2.75, 3.05) is 26.9 Å². The minimum atomic E-state index is 0.178. The van der Waals surface area contributed by atoms with Gasteiger partial charge in [-0.1, -0.05) is 60.8 Å². The lowest BCUT2D eigenvalue weighted by Crippen LogP contribution is -2.12. The van der Waals surface area contributed by atoms with Crippen LogP contribution in [0, 0.1) is 11.8 Å². The van der Waals surface area contributed by atoms with E-state index in [0.29, 0.717) is 18.8 Å². The number of ether oxygens (including phenoxy) is 2. The third-order valence-corrected chi connectivity index (χ3v) is 3.70. The van der Waals surface area contributed by atoms with Crippen molar-refractivity contribution in [3.63, 3.8) is 0 Å². The van der Waals surface area contributed by atoms with Crippen LogP contribution in [0.3, 0.4) is 0 Å². The van der Waals surface area contributed by atoms with Gasteiger partial charge in [0.1, 0.15) is 5.78 Å². The van der Waals surface area contributed by atoms with Crippen LogP contribution in [-0.4, -0.2) is 32.7 Å². The summed E-state index contributed by atoms with van der Waals surface area (Å²) < 4.78 is 10.2. The Morgan fingerprint density at radius 1 is 1.04 bits per heavy atom. The predicted octanol–water partition coefficient (Wildman–Crippen LogP) is 6.29. The highest BCUT2D eigenvalue weighted by Gasteiger charge is 2.12. The van der Waals surface area contributed by atoms with Gasteiger partial charge in [-0.05, 0) is 32.1 Å². The van der Waals surface area contributed by atoms with Crippen LogP contribution in [0.25, 0.3) is 0 Å². The summed E-state index contributed by atoms with van der Waals surface area (Å²) in [7, 11) is 1.65. The molecule has 0 unspecified atom stereocenters. The van der Waals surface area contributed by atoms with Crippen molar-refractivity contribution in [1.29, 1.82) is 0 Å². The summed E-state index contributed by atoms with van der Waals surface area (Å²) in [5.74, 6) is 1.39. The van der Waals surface area contributed by atoms with Gasteiger partial charge in [-0.2, -0.15) is 0 Å². The van der Waals surface area contributed by atoms with Crippen LogP contribution in [0.5, 0.6) is 0 Å². The fourth-order valence-electron chi connectivity index (χ4n) is 2.32. The highest BCUT2D eigenvalue weighted by molar-refractivity contribution is 5.80. The molecule has 148 valence electrons. The van der Waals surface area contributed by atoms with E-state index in [2.05, 4.69) is 6.92 Å². The molecule has 1 aliphatic carbocycles. The summed E-state index contributed by atoms with van der Waals surface area (Å²) in [6, 6.07) is 0. The highest BCUT2D eigenvalue weighted by Crippen LogP contribution is 2.23. The van der Waals surface area contributed by atoms with Crippen molar-refractivity contribution < 1.29 is 14.3 Å². The number of Topliss-reactive ketones (excluding diaryl/α,β-unsaturated/α-hetero) is 1. The predicted molar refractivity (Wildman–Crippen MR) is 107 cm³/mol. The van der Waals surface area contributed by atoms with E-state index < -0.39 is 0 Å². The van der Waals surface area contributed by atoms with Gasteiger partial charge in [0.25, 0.3) is 0 Å². The molecule has 0 atom stereocenters. The van der Waals surface area contributed by atoms with Crippen LogP contribution >= 0.6 is 0 Å². The Morgan fingerprint density at radius 3 is 2.00 bits per heavy atom. The van der Waals surface area contributed by atoms with Crippen LogP contribution < -0.4 is 0 Å². The SMILES string of the molecule is CC.CC.CCOCC1CCCCC1.COCCCC(=O)C(C)C. The first-order valence-electron chi connectivity index (χ1n) is 10.2. The van der Waals surface area contributed by atoms with Crippen molar-refractivity contribution in [3.05, 3.63) is 0 Å². The van der Waals surface area contributed by atoms with E-state index in [1.807, 2.05) is 41.5 Å². The van der Waals surface area contributed by atoms with E-state index >= 15 is 0 Å². The van der Waals surface area contributed by atoms with Gasteiger partial charge in [-0.25, -0.2) is 0 Å². The normalized spacial score (nSPS) is 13.7. The van der Waals surface area contributed by atoms with E-state index in [1.165, 1.54) is 32.1 Å². The van der Waals surface area contributed by atoms with Crippen molar-refractivity contribution in [3.8, 4) is 0 Å². The zero-order valence-electron chi connectivity index (χ0n) is 18.0. The molecule has 0 aromatic rings. The average Bonchev–Trinajstić information content (AvgIpc) is 2.64. The van der Waals surface area contributed by atoms with Crippen LogP contribution in [-0.2, 0) is 14.3 Å². The molecule has 0 heterocycles. The van der Waals surface area contributed by atoms with E-state index in [0.717, 1.165) is 25.6 Å². The molecule has 0 saturated heterocycles. The summed E-state index contributed by atoms with van der Waals surface area (Å²) in [6.07, 6.45) is 8.62. The summed E-state index contributed by atoms with van der Waals surface area (Å²) in [5.41, 5.74) is 0. The molecule has 0 aromatic heterocycles. The molecule has 3 nitrogen and oxygen atoms in total. The van der Waals surface area contributed by atoms with Crippen LogP contribution in [0.15, 0.2) is 0 Å². The number of hydrogen-bond acceptors (Lipinski definition) is 3. The molecular formula is C21H46O3. The van der Waals surface area contributed by atoms with Gasteiger partial charge >= 0.3 is 0 Å². The summed E-state index contributed by atoms with van der Waals surface area (Å²) in [5, 5.41) is 0. The molecular weight excluding hydrogens is 300 g/mol. The molecule has 0 spiro atoms. The minimum Gasteiger partial charge on any atom is -0.385 e. The second-order valence-electron chi connectivity index (χ2n) is 5.88. The molecule has 0 aromatic carbocycles. The van der Waals surface area contributed by atoms with E-state index in [9.17, 15) is 4.79 Å². The smallest absolute Gasteiger partial charge is 0.135 e. The molecule has 0 aliphatic heterocycles. The number of rotatable bonds is 8. The molecule has 1 rings (SSSR count). The van der Waals surface area contributed by atoms with Crippen LogP contribution in [0.2, 0.25) is 0 Å². The van der Waals surface area contributed by atoms with Crippen LogP contribution in [0.4, 0.5) is 0 Å². The zero-order valence-corrected chi connectivity index (χ0v) is 18.0. The number of carbonyl (C=O) groups excluding carboxylic acids is 1. The fraction of sp³-hybridized carbons (Fsp3) is 0.952. The first-order valence-corrected chi connectivity index (χ1v) is 10.2. The first-order chi connectivity index (χ1) is 11.6. The lowest BCUT2D eigenvalue weighted by atomic mass is 9.90. The fourth-order valence-corrected chi connectivity index (χ4v) is 2.32. The second-order valence-corrected chi connectivity index (χ2v) is 5.88. The van der Waals surface area contributed by atoms with Crippen molar-refractivity contribution in [2.24, 2.45) is 11.8 Å². The maximum Gasteiger partial charge on any atom is 0.135 e. The lowest BCUT2D eigenvalue weighted by molar-refractivity contribution is -0.122. The minimum absolute atomic E-state index is 0.178. The molecule has 1 aliphatic rings. The van der Waals surface area contributed by atoms with Crippen molar-refractivity contribution in [2.45, 2.75) is 93.4 Å². The Balaban J connectivity index is -0.000000304. The maximum absolute atomic E-state index is 11.0. The quantitative estimate of drug-likeness (QED) is 0.484. The topological polar surface area (TPSA) is 35.5 Å².